The van der Waals surface area contributed by atoms with Crippen LogP contribution in [0.4, 0.5) is 0 Å². The zero-order chi connectivity index (χ0) is 45.2. The van der Waals surface area contributed by atoms with Crippen molar-refractivity contribution in [2.24, 2.45) is 64.6 Å². The highest BCUT2D eigenvalue weighted by Gasteiger charge is 2.45. The van der Waals surface area contributed by atoms with Crippen molar-refractivity contribution in [3.63, 3.8) is 0 Å². The highest BCUT2D eigenvalue weighted by Crippen LogP contribution is 2.50. The quantitative estimate of drug-likeness (QED) is 0.0826. The average Bonchev–Trinajstić information content (AvgIpc) is 3.34. The fraction of sp³-hybridized carbons (Fsp3) is 0.964. The van der Waals surface area contributed by atoms with Gasteiger partial charge in [0.1, 0.15) is 6.10 Å². The van der Waals surface area contributed by atoms with E-state index in [9.17, 15) is 20.0 Å². The zero-order valence-corrected chi connectivity index (χ0v) is 40.9. The van der Waals surface area contributed by atoms with Crippen LogP contribution in [0.25, 0.3) is 0 Å². The summed E-state index contributed by atoms with van der Waals surface area (Å²) in [5.74, 6) is 2.73. The lowest BCUT2D eigenvalue weighted by Gasteiger charge is -2.47. The maximum Gasteiger partial charge on any atom is 0.310 e. The lowest BCUT2D eigenvalue weighted by molar-refractivity contribution is -0.341. The molecule has 0 saturated heterocycles. The summed E-state index contributed by atoms with van der Waals surface area (Å²) in [6, 6.07) is 0. The van der Waals surface area contributed by atoms with Crippen LogP contribution in [0.1, 0.15) is 219 Å². The van der Waals surface area contributed by atoms with E-state index in [1.54, 1.807) is 0 Å². The summed E-state index contributed by atoms with van der Waals surface area (Å²) in [5.41, 5.74) is 0.321. The van der Waals surface area contributed by atoms with Gasteiger partial charge in [0, 0.05) is 0 Å². The van der Waals surface area contributed by atoms with Crippen LogP contribution in [0, 0.1) is 64.6 Å². The Balaban J connectivity index is 0.669. The number of ether oxygens (including phenoxy) is 3. The molecule has 0 amide bonds. The first kappa shape index (κ1) is 50.1. The molecule has 0 aromatic heterocycles. The van der Waals surface area contributed by atoms with Gasteiger partial charge in [-0.15, -0.1) is 0 Å². The van der Waals surface area contributed by atoms with Gasteiger partial charge < -0.3 is 19.3 Å². The van der Waals surface area contributed by atoms with Crippen molar-refractivity contribution in [3.8, 4) is 0 Å². The van der Waals surface area contributed by atoms with Gasteiger partial charge in [-0.05, 0) is 194 Å². The van der Waals surface area contributed by atoms with Gasteiger partial charge in [-0.3, -0.25) is 14.8 Å². The molecule has 0 spiro atoms. The molecule has 10 nitrogen and oxygen atoms in total. The van der Waals surface area contributed by atoms with Crippen LogP contribution in [0.15, 0.2) is 0 Å². The smallest absolute Gasteiger partial charge is 0.310 e. The van der Waals surface area contributed by atoms with E-state index in [-0.39, 0.29) is 24.3 Å². The third-order valence-corrected chi connectivity index (χ3v) is 19.8. The van der Waals surface area contributed by atoms with Gasteiger partial charge in [-0.1, -0.05) is 78.1 Å². The van der Waals surface area contributed by atoms with Gasteiger partial charge in [0.15, 0.2) is 0 Å². The highest BCUT2D eigenvalue weighted by atomic mass is 17.2. The third-order valence-electron chi connectivity index (χ3n) is 19.8. The first-order chi connectivity index (χ1) is 31.6. The SMILES string of the molecule is CC(C)(C1CCC(OC2CCC(OOCC3CCC(C4CCCCC4)CC3COO)CC2)CC1)C1CCC(OC2CCC(OC(=O)C3CCC(C4CCCCC4)CC3C(=O)O)CC2)CC1. The van der Waals surface area contributed by atoms with Crippen molar-refractivity contribution in [2.75, 3.05) is 13.2 Å². The highest BCUT2D eigenvalue weighted by molar-refractivity contribution is 5.81. The molecule has 2 N–H and O–H groups in total. The Morgan fingerprint density at radius 2 is 0.923 bits per heavy atom. The molecule has 0 radical (unpaired) electrons. The van der Waals surface area contributed by atoms with Gasteiger partial charge >= 0.3 is 11.9 Å². The van der Waals surface area contributed by atoms with E-state index >= 15 is 0 Å². The van der Waals surface area contributed by atoms with E-state index in [1.165, 1.54) is 109 Å². The van der Waals surface area contributed by atoms with E-state index in [2.05, 4.69) is 13.8 Å². The molecular formula is C55H92O10. The number of carboxylic acid groups (broad SMARTS) is 1. The summed E-state index contributed by atoms with van der Waals surface area (Å²) in [7, 11) is 0. The van der Waals surface area contributed by atoms with E-state index < -0.39 is 17.8 Å². The van der Waals surface area contributed by atoms with Crippen LogP contribution in [0.5, 0.6) is 0 Å². The van der Waals surface area contributed by atoms with Crippen molar-refractivity contribution in [1.82, 2.24) is 0 Å². The Bertz CT molecular complexity index is 1410. The van der Waals surface area contributed by atoms with E-state index in [4.69, 9.17) is 28.9 Å². The number of hydrogen-bond donors (Lipinski definition) is 2. The second-order valence-corrected chi connectivity index (χ2v) is 24.0. The van der Waals surface area contributed by atoms with Crippen LogP contribution in [-0.4, -0.2) is 72.1 Å². The topological polar surface area (TPSA) is 130 Å². The molecule has 0 aromatic rings. The van der Waals surface area contributed by atoms with Gasteiger partial charge in [-0.2, -0.15) is 0 Å². The van der Waals surface area contributed by atoms with Gasteiger partial charge in [0.2, 0.25) is 0 Å². The molecule has 372 valence electrons. The number of carbonyl (C=O) groups is 2. The fourth-order valence-corrected chi connectivity index (χ4v) is 15.5. The average molecular weight is 913 g/mol. The molecule has 8 aliphatic carbocycles. The Labute approximate surface area is 393 Å². The summed E-state index contributed by atoms with van der Waals surface area (Å²) >= 11 is 0. The second-order valence-electron chi connectivity index (χ2n) is 24.0. The summed E-state index contributed by atoms with van der Waals surface area (Å²) in [5, 5.41) is 19.4. The van der Waals surface area contributed by atoms with Crippen molar-refractivity contribution in [1.29, 1.82) is 0 Å². The van der Waals surface area contributed by atoms with Crippen LogP contribution < -0.4 is 0 Å². The Kier molecular flexibility index (Phi) is 18.9. The normalized spacial score (nSPS) is 39.7. The minimum atomic E-state index is -0.819. The monoisotopic (exact) mass is 913 g/mol. The first-order valence-corrected chi connectivity index (χ1v) is 27.9. The molecule has 0 bridgehead atoms. The molecule has 6 unspecified atom stereocenters. The number of hydrogen-bond acceptors (Lipinski definition) is 9. The second kappa shape index (κ2) is 24.5. The number of aliphatic carboxylic acids is 1. The third kappa shape index (κ3) is 13.7. The van der Waals surface area contributed by atoms with Gasteiger partial charge in [-0.25, -0.2) is 14.7 Å². The molecular weight excluding hydrogens is 821 g/mol. The molecule has 6 atom stereocenters. The molecule has 0 aliphatic heterocycles. The van der Waals surface area contributed by atoms with Crippen LogP contribution in [0.2, 0.25) is 0 Å². The first-order valence-electron chi connectivity index (χ1n) is 27.9. The van der Waals surface area contributed by atoms with Crippen molar-refractivity contribution in [2.45, 2.75) is 256 Å². The number of rotatable bonds is 17. The molecule has 8 fully saturated rings. The minimum Gasteiger partial charge on any atom is -0.481 e. The predicted octanol–water partition coefficient (Wildman–Crippen LogP) is 13.1. The molecule has 10 heteroatoms. The van der Waals surface area contributed by atoms with Gasteiger partial charge in [0.05, 0.1) is 55.6 Å². The number of carbonyl (C=O) groups excluding carboxylic acids is 1. The van der Waals surface area contributed by atoms with Crippen LogP contribution in [0.3, 0.4) is 0 Å². The molecule has 65 heavy (non-hydrogen) atoms. The maximum atomic E-state index is 13.4. The van der Waals surface area contributed by atoms with E-state index in [0.717, 1.165) is 107 Å². The Hall–Kier alpha value is -1.30. The van der Waals surface area contributed by atoms with Gasteiger partial charge in [0.25, 0.3) is 0 Å². The van der Waals surface area contributed by atoms with Crippen molar-refractivity contribution >= 4 is 11.9 Å². The Morgan fingerprint density at radius 1 is 0.462 bits per heavy atom. The fourth-order valence-electron chi connectivity index (χ4n) is 15.5. The minimum absolute atomic E-state index is 0.112. The lowest BCUT2D eigenvalue weighted by atomic mass is 9.60. The summed E-state index contributed by atoms with van der Waals surface area (Å²) in [4.78, 5) is 42.3. The van der Waals surface area contributed by atoms with Crippen LogP contribution >= 0.6 is 0 Å². The molecule has 8 aliphatic rings. The standard InChI is InChI=1S/C55H92O10/c1-55(2,43-16-20-45(21-17-43)62-47-24-26-49(27-25-47)64-54(58)51-32-15-40(34-52(51)53(56)57)38-11-7-4-8-12-38)44-18-22-46(23-19-44)63-48-28-30-50(31-29-48)65-61-36-41-14-13-39(33-42(41)35-60-59)37-9-5-3-6-10-37/h37-52,59H,3-36H2,1-2H3,(H,56,57). The molecule has 0 heterocycles. The zero-order valence-electron chi connectivity index (χ0n) is 40.9. The molecule has 0 aromatic carbocycles. The molecule has 8 rings (SSSR count). The van der Waals surface area contributed by atoms with E-state index in [1.807, 2.05) is 0 Å². The predicted molar refractivity (Wildman–Crippen MR) is 251 cm³/mol. The Morgan fingerprint density at radius 3 is 1.43 bits per heavy atom. The largest absolute Gasteiger partial charge is 0.481 e. The van der Waals surface area contributed by atoms with Crippen LogP contribution in [-0.2, 0) is 38.5 Å². The van der Waals surface area contributed by atoms with Crippen molar-refractivity contribution < 1.29 is 48.8 Å². The summed E-state index contributed by atoms with van der Waals surface area (Å²) in [6.45, 7) is 6.09. The number of carboxylic acids is 1. The summed E-state index contributed by atoms with van der Waals surface area (Å²) in [6.07, 6.45) is 37.5. The van der Waals surface area contributed by atoms with E-state index in [0.29, 0.717) is 73.5 Å². The van der Waals surface area contributed by atoms with Crippen molar-refractivity contribution in [3.05, 3.63) is 0 Å². The lowest BCUT2D eigenvalue weighted by Crippen LogP contribution is -2.41. The summed E-state index contributed by atoms with van der Waals surface area (Å²) < 4.78 is 19.6. The number of esters is 1. The maximum absolute atomic E-state index is 13.4. The molecule has 8 saturated carbocycles.